The molecule has 1 aliphatic rings. The largest absolute Gasteiger partial charge is 0.373 e. The van der Waals surface area contributed by atoms with Gasteiger partial charge >= 0.3 is 0 Å². The zero-order valence-corrected chi connectivity index (χ0v) is 10.3. The standard InChI is InChI=1S/C13H20FN3/c1-16(13-4-2-12(14)3-5-13)10-11-17-8-6-15-7-9-17/h2-5,15H,6-11H2,1H3. The van der Waals surface area contributed by atoms with Crippen LogP contribution in [0.15, 0.2) is 24.3 Å². The molecule has 1 N–H and O–H groups in total. The van der Waals surface area contributed by atoms with Gasteiger partial charge in [0, 0.05) is 52.0 Å². The van der Waals surface area contributed by atoms with E-state index in [2.05, 4.69) is 22.2 Å². The minimum Gasteiger partial charge on any atom is -0.373 e. The number of hydrogen-bond donors (Lipinski definition) is 1. The van der Waals surface area contributed by atoms with Gasteiger partial charge < -0.3 is 10.2 Å². The molecule has 1 aromatic carbocycles. The Balaban J connectivity index is 1.80. The van der Waals surface area contributed by atoms with Crippen LogP contribution in [0, 0.1) is 5.82 Å². The van der Waals surface area contributed by atoms with E-state index in [-0.39, 0.29) is 5.82 Å². The molecule has 2 rings (SSSR count). The summed E-state index contributed by atoms with van der Waals surface area (Å²) in [7, 11) is 2.05. The number of nitrogens with one attached hydrogen (secondary N) is 1. The average Bonchev–Trinajstić information content (AvgIpc) is 2.38. The first-order chi connectivity index (χ1) is 8.25. The highest BCUT2D eigenvalue weighted by molar-refractivity contribution is 5.45. The van der Waals surface area contributed by atoms with Crippen molar-refractivity contribution < 1.29 is 4.39 Å². The molecule has 3 nitrogen and oxygen atoms in total. The van der Waals surface area contributed by atoms with Gasteiger partial charge in [0.2, 0.25) is 0 Å². The normalized spacial score (nSPS) is 17.1. The summed E-state index contributed by atoms with van der Waals surface area (Å²) >= 11 is 0. The monoisotopic (exact) mass is 237 g/mol. The predicted molar refractivity (Wildman–Crippen MR) is 69.0 cm³/mol. The summed E-state index contributed by atoms with van der Waals surface area (Å²) in [5, 5.41) is 3.34. The third-order valence-corrected chi connectivity index (χ3v) is 3.23. The number of nitrogens with zero attached hydrogens (tertiary/aromatic N) is 2. The molecule has 0 atom stereocenters. The minimum absolute atomic E-state index is 0.177. The fourth-order valence-corrected chi connectivity index (χ4v) is 2.05. The van der Waals surface area contributed by atoms with Crippen LogP contribution in [0.4, 0.5) is 10.1 Å². The maximum absolute atomic E-state index is 12.8. The lowest BCUT2D eigenvalue weighted by Crippen LogP contribution is -2.46. The second-order valence-corrected chi connectivity index (χ2v) is 4.49. The van der Waals surface area contributed by atoms with E-state index in [0.717, 1.165) is 45.0 Å². The Labute approximate surface area is 102 Å². The van der Waals surface area contributed by atoms with Crippen LogP contribution in [-0.4, -0.2) is 51.2 Å². The highest BCUT2D eigenvalue weighted by Gasteiger charge is 2.10. The summed E-state index contributed by atoms with van der Waals surface area (Å²) in [6.07, 6.45) is 0. The molecule has 0 amide bonds. The summed E-state index contributed by atoms with van der Waals surface area (Å²) in [6, 6.07) is 6.67. The van der Waals surface area contributed by atoms with Crippen LogP contribution in [-0.2, 0) is 0 Å². The van der Waals surface area contributed by atoms with Gasteiger partial charge in [-0.05, 0) is 24.3 Å². The number of benzene rings is 1. The molecule has 1 aromatic rings. The third kappa shape index (κ3) is 3.68. The minimum atomic E-state index is -0.177. The lowest BCUT2D eigenvalue weighted by Gasteiger charge is -2.29. The van der Waals surface area contributed by atoms with Crippen LogP contribution in [0.25, 0.3) is 0 Å². The van der Waals surface area contributed by atoms with Crippen LogP contribution >= 0.6 is 0 Å². The summed E-state index contributed by atoms with van der Waals surface area (Å²) in [6.45, 7) is 6.45. The van der Waals surface area contributed by atoms with Gasteiger partial charge in [0.15, 0.2) is 0 Å². The van der Waals surface area contributed by atoms with E-state index in [9.17, 15) is 4.39 Å². The Morgan fingerprint density at radius 2 is 1.88 bits per heavy atom. The summed E-state index contributed by atoms with van der Waals surface area (Å²) in [5.41, 5.74) is 1.07. The van der Waals surface area contributed by atoms with E-state index in [1.165, 1.54) is 12.1 Å². The van der Waals surface area contributed by atoms with Crippen molar-refractivity contribution in [3.05, 3.63) is 30.1 Å². The van der Waals surface area contributed by atoms with Crippen molar-refractivity contribution in [3.63, 3.8) is 0 Å². The summed E-state index contributed by atoms with van der Waals surface area (Å²) < 4.78 is 12.8. The van der Waals surface area contributed by atoms with Crippen molar-refractivity contribution in [2.45, 2.75) is 0 Å². The Bertz CT molecular complexity index is 333. The van der Waals surface area contributed by atoms with E-state index < -0.39 is 0 Å². The number of halogens is 1. The lowest BCUT2D eigenvalue weighted by molar-refractivity contribution is 0.246. The van der Waals surface area contributed by atoms with Gasteiger partial charge in [0.25, 0.3) is 0 Å². The van der Waals surface area contributed by atoms with Crippen molar-refractivity contribution in [2.75, 3.05) is 51.2 Å². The predicted octanol–water partition coefficient (Wildman–Crippen LogP) is 1.17. The average molecular weight is 237 g/mol. The van der Waals surface area contributed by atoms with E-state index >= 15 is 0 Å². The molecule has 1 fully saturated rings. The van der Waals surface area contributed by atoms with Crippen molar-refractivity contribution in [1.82, 2.24) is 10.2 Å². The van der Waals surface area contributed by atoms with Crippen LogP contribution in [0.3, 0.4) is 0 Å². The Morgan fingerprint density at radius 3 is 2.53 bits per heavy atom. The number of rotatable bonds is 4. The number of hydrogen-bond acceptors (Lipinski definition) is 3. The van der Waals surface area contributed by atoms with Crippen molar-refractivity contribution in [2.24, 2.45) is 0 Å². The lowest BCUT2D eigenvalue weighted by atomic mass is 10.3. The fraction of sp³-hybridized carbons (Fsp3) is 0.538. The van der Waals surface area contributed by atoms with Gasteiger partial charge in [-0.15, -0.1) is 0 Å². The molecule has 1 saturated heterocycles. The van der Waals surface area contributed by atoms with Gasteiger partial charge in [-0.1, -0.05) is 0 Å². The summed E-state index contributed by atoms with van der Waals surface area (Å²) in [5.74, 6) is -0.177. The maximum Gasteiger partial charge on any atom is 0.123 e. The molecule has 17 heavy (non-hydrogen) atoms. The van der Waals surface area contributed by atoms with Crippen molar-refractivity contribution in [1.29, 1.82) is 0 Å². The first-order valence-corrected chi connectivity index (χ1v) is 6.15. The number of anilines is 1. The van der Waals surface area contributed by atoms with E-state index in [4.69, 9.17) is 0 Å². The third-order valence-electron chi connectivity index (χ3n) is 3.23. The zero-order chi connectivity index (χ0) is 12.1. The molecular formula is C13H20FN3. The molecule has 0 saturated carbocycles. The highest BCUT2D eigenvalue weighted by Crippen LogP contribution is 2.12. The Kier molecular flexibility index (Phi) is 4.34. The first-order valence-electron chi connectivity index (χ1n) is 6.15. The molecule has 1 heterocycles. The molecule has 0 bridgehead atoms. The van der Waals surface area contributed by atoms with Gasteiger partial charge in [-0.2, -0.15) is 0 Å². The summed E-state index contributed by atoms with van der Waals surface area (Å²) in [4.78, 5) is 4.62. The molecule has 4 heteroatoms. The zero-order valence-electron chi connectivity index (χ0n) is 10.3. The van der Waals surface area contributed by atoms with Gasteiger partial charge in [0.05, 0.1) is 0 Å². The fourth-order valence-electron chi connectivity index (χ4n) is 2.05. The highest BCUT2D eigenvalue weighted by atomic mass is 19.1. The van der Waals surface area contributed by atoms with E-state index in [1.54, 1.807) is 0 Å². The van der Waals surface area contributed by atoms with E-state index in [0.29, 0.717) is 0 Å². The molecule has 0 unspecified atom stereocenters. The quantitative estimate of drug-likeness (QED) is 0.848. The first kappa shape index (κ1) is 12.3. The van der Waals surface area contributed by atoms with Gasteiger partial charge in [-0.3, -0.25) is 4.90 Å². The van der Waals surface area contributed by atoms with Crippen LogP contribution in [0.2, 0.25) is 0 Å². The topological polar surface area (TPSA) is 18.5 Å². The molecule has 0 aromatic heterocycles. The van der Waals surface area contributed by atoms with Crippen LogP contribution in [0.5, 0.6) is 0 Å². The molecule has 1 aliphatic heterocycles. The smallest absolute Gasteiger partial charge is 0.123 e. The molecule has 0 aliphatic carbocycles. The maximum atomic E-state index is 12.8. The molecule has 0 radical (unpaired) electrons. The van der Waals surface area contributed by atoms with Crippen molar-refractivity contribution >= 4 is 5.69 Å². The molecule has 0 spiro atoms. The van der Waals surface area contributed by atoms with Crippen LogP contribution < -0.4 is 10.2 Å². The molecular weight excluding hydrogens is 217 g/mol. The van der Waals surface area contributed by atoms with Crippen LogP contribution in [0.1, 0.15) is 0 Å². The number of likely N-dealkylation sites (N-methyl/N-ethyl adjacent to an activating group) is 1. The van der Waals surface area contributed by atoms with Crippen molar-refractivity contribution in [3.8, 4) is 0 Å². The SMILES string of the molecule is CN(CCN1CCNCC1)c1ccc(F)cc1. The number of piperazine rings is 1. The van der Waals surface area contributed by atoms with Gasteiger partial charge in [0.1, 0.15) is 5.82 Å². The molecule has 94 valence electrons. The Morgan fingerprint density at radius 1 is 1.24 bits per heavy atom. The van der Waals surface area contributed by atoms with Gasteiger partial charge in [-0.25, -0.2) is 4.39 Å². The Hall–Kier alpha value is -1.13. The second-order valence-electron chi connectivity index (χ2n) is 4.49. The van der Waals surface area contributed by atoms with E-state index in [1.807, 2.05) is 12.1 Å². The second kappa shape index (κ2) is 5.98.